The molecule has 2 aromatic carbocycles. The fourth-order valence-electron chi connectivity index (χ4n) is 3.42. The number of nitrogens with zero attached hydrogens (tertiary/aromatic N) is 2. The third kappa shape index (κ3) is 4.04. The van der Waals surface area contributed by atoms with E-state index in [4.69, 9.17) is 14.2 Å². The molecule has 160 valence electrons. The molecule has 0 saturated carbocycles. The quantitative estimate of drug-likeness (QED) is 0.588. The standard InChI is InChI=1S/C22H28N4O4/c1-13(23-2)15-9-7-8-14(10-15)12-26(3)22-24-16-11-17(28-4)19(29-5)20(30-6)18(16)21(27)25-22/h7-11,13,23H,12H2,1-6H3,(H,24,25,27). The van der Waals surface area contributed by atoms with E-state index in [1.807, 2.05) is 25.1 Å². The summed E-state index contributed by atoms with van der Waals surface area (Å²) in [5, 5.41) is 3.56. The number of rotatable bonds is 8. The van der Waals surface area contributed by atoms with E-state index in [1.54, 1.807) is 6.07 Å². The highest BCUT2D eigenvalue weighted by Gasteiger charge is 2.20. The van der Waals surface area contributed by atoms with Gasteiger partial charge in [-0.15, -0.1) is 0 Å². The molecule has 0 radical (unpaired) electrons. The Bertz CT molecular complexity index is 1100. The molecule has 0 amide bonds. The number of ether oxygens (including phenoxy) is 3. The Balaban J connectivity index is 2.02. The third-order valence-corrected chi connectivity index (χ3v) is 5.16. The van der Waals surface area contributed by atoms with E-state index in [1.165, 1.54) is 26.9 Å². The van der Waals surface area contributed by atoms with Gasteiger partial charge in [-0.25, -0.2) is 0 Å². The molecule has 0 fully saturated rings. The molecular weight excluding hydrogens is 384 g/mol. The fourth-order valence-corrected chi connectivity index (χ4v) is 3.42. The summed E-state index contributed by atoms with van der Waals surface area (Å²) < 4.78 is 16.2. The molecule has 1 unspecified atom stereocenters. The summed E-state index contributed by atoms with van der Waals surface area (Å²) >= 11 is 0. The van der Waals surface area contributed by atoms with Gasteiger partial charge in [0, 0.05) is 25.7 Å². The zero-order valence-electron chi connectivity index (χ0n) is 18.2. The van der Waals surface area contributed by atoms with Crippen LogP contribution in [0.3, 0.4) is 0 Å². The SMILES string of the molecule is CNC(C)c1cccc(CN(C)c2nc(=O)c3c(OC)c(OC)c(OC)cc3[nH]2)c1. The minimum atomic E-state index is -0.402. The van der Waals surface area contributed by atoms with Crippen LogP contribution < -0.4 is 30.0 Å². The Morgan fingerprint density at radius 2 is 1.87 bits per heavy atom. The summed E-state index contributed by atoms with van der Waals surface area (Å²) in [6, 6.07) is 10.3. The summed E-state index contributed by atoms with van der Waals surface area (Å²) in [5.74, 6) is 1.57. The van der Waals surface area contributed by atoms with Crippen molar-refractivity contribution in [3.8, 4) is 17.2 Å². The third-order valence-electron chi connectivity index (χ3n) is 5.16. The molecule has 0 aliphatic carbocycles. The van der Waals surface area contributed by atoms with E-state index in [0.29, 0.717) is 40.6 Å². The van der Waals surface area contributed by atoms with E-state index in [9.17, 15) is 4.79 Å². The van der Waals surface area contributed by atoms with Crippen molar-refractivity contribution >= 4 is 16.9 Å². The second kappa shape index (κ2) is 9.04. The van der Waals surface area contributed by atoms with Crippen LogP contribution in [0.4, 0.5) is 5.95 Å². The lowest BCUT2D eigenvalue weighted by Gasteiger charge is -2.20. The van der Waals surface area contributed by atoms with Crippen LogP contribution in [0.25, 0.3) is 10.9 Å². The molecule has 3 aromatic rings. The molecule has 8 heteroatoms. The van der Waals surface area contributed by atoms with Crippen molar-refractivity contribution in [2.75, 3.05) is 40.3 Å². The molecule has 0 spiro atoms. The average molecular weight is 412 g/mol. The van der Waals surface area contributed by atoms with Gasteiger partial charge in [-0.2, -0.15) is 4.98 Å². The summed E-state index contributed by atoms with van der Waals surface area (Å²) in [5.41, 5.74) is 2.47. The Morgan fingerprint density at radius 1 is 1.13 bits per heavy atom. The molecule has 0 aliphatic heterocycles. The Kier molecular flexibility index (Phi) is 6.47. The molecule has 0 aliphatic rings. The minimum Gasteiger partial charge on any atom is -0.493 e. The Hall–Kier alpha value is -3.26. The average Bonchev–Trinajstić information content (AvgIpc) is 2.76. The number of hydrogen-bond donors (Lipinski definition) is 2. The monoisotopic (exact) mass is 412 g/mol. The van der Waals surface area contributed by atoms with E-state index < -0.39 is 5.56 Å². The highest BCUT2D eigenvalue weighted by atomic mass is 16.5. The molecule has 8 nitrogen and oxygen atoms in total. The van der Waals surface area contributed by atoms with Gasteiger partial charge in [0.05, 0.1) is 26.8 Å². The predicted octanol–water partition coefficient (Wildman–Crippen LogP) is 2.87. The predicted molar refractivity (Wildman–Crippen MR) is 118 cm³/mol. The Morgan fingerprint density at radius 3 is 2.50 bits per heavy atom. The van der Waals surface area contributed by atoms with Crippen molar-refractivity contribution in [2.45, 2.75) is 19.5 Å². The van der Waals surface area contributed by atoms with Crippen LogP contribution in [-0.2, 0) is 6.54 Å². The van der Waals surface area contributed by atoms with Gasteiger partial charge in [-0.3, -0.25) is 4.79 Å². The lowest BCUT2D eigenvalue weighted by molar-refractivity contribution is 0.327. The van der Waals surface area contributed by atoms with Crippen LogP contribution in [-0.4, -0.2) is 45.4 Å². The first kappa shape index (κ1) is 21.4. The van der Waals surface area contributed by atoms with Gasteiger partial charge < -0.3 is 29.4 Å². The number of benzene rings is 2. The molecule has 1 heterocycles. The van der Waals surface area contributed by atoms with E-state index in [0.717, 1.165) is 5.56 Å². The number of aromatic nitrogens is 2. The van der Waals surface area contributed by atoms with Crippen LogP contribution in [0.2, 0.25) is 0 Å². The van der Waals surface area contributed by atoms with Crippen molar-refractivity contribution in [2.24, 2.45) is 0 Å². The number of anilines is 1. The number of H-pyrrole nitrogens is 1. The van der Waals surface area contributed by atoms with Crippen LogP contribution in [0.15, 0.2) is 35.1 Å². The zero-order valence-corrected chi connectivity index (χ0v) is 18.2. The molecular formula is C22H28N4O4. The normalized spacial score (nSPS) is 11.9. The van der Waals surface area contributed by atoms with Gasteiger partial charge in [0.25, 0.3) is 5.56 Å². The maximum Gasteiger partial charge on any atom is 0.286 e. The van der Waals surface area contributed by atoms with E-state index in [-0.39, 0.29) is 6.04 Å². The summed E-state index contributed by atoms with van der Waals surface area (Å²) in [6.45, 7) is 2.70. The van der Waals surface area contributed by atoms with Crippen molar-refractivity contribution < 1.29 is 14.2 Å². The van der Waals surface area contributed by atoms with Crippen molar-refractivity contribution in [3.63, 3.8) is 0 Å². The summed E-state index contributed by atoms with van der Waals surface area (Å²) in [4.78, 5) is 22.2. The highest BCUT2D eigenvalue weighted by Crippen LogP contribution is 2.41. The van der Waals surface area contributed by atoms with Gasteiger partial charge in [0.2, 0.25) is 11.7 Å². The van der Waals surface area contributed by atoms with Gasteiger partial charge in [-0.1, -0.05) is 24.3 Å². The van der Waals surface area contributed by atoms with E-state index in [2.05, 4.69) is 40.4 Å². The number of aromatic amines is 1. The van der Waals surface area contributed by atoms with Crippen molar-refractivity contribution in [3.05, 3.63) is 51.8 Å². The molecule has 0 saturated heterocycles. The zero-order chi connectivity index (χ0) is 21.8. The molecule has 0 bridgehead atoms. The molecule has 2 N–H and O–H groups in total. The number of methoxy groups -OCH3 is 3. The molecule has 3 rings (SSSR count). The van der Waals surface area contributed by atoms with Crippen LogP contribution in [0.1, 0.15) is 24.1 Å². The molecule has 30 heavy (non-hydrogen) atoms. The smallest absolute Gasteiger partial charge is 0.286 e. The van der Waals surface area contributed by atoms with Crippen LogP contribution in [0, 0.1) is 0 Å². The van der Waals surface area contributed by atoms with Gasteiger partial charge >= 0.3 is 0 Å². The summed E-state index contributed by atoms with van der Waals surface area (Å²) in [6.07, 6.45) is 0. The second-order valence-corrected chi connectivity index (χ2v) is 7.04. The maximum absolute atomic E-state index is 12.8. The second-order valence-electron chi connectivity index (χ2n) is 7.04. The van der Waals surface area contributed by atoms with Gasteiger partial charge in [-0.05, 0) is 25.1 Å². The first-order valence-corrected chi connectivity index (χ1v) is 9.63. The molecule has 1 aromatic heterocycles. The number of nitrogens with one attached hydrogen (secondary N) is 2. The van der Waals surface area contributed by atoms with Crippen LogP contribution >= 0.6 is 0 Å². The Labute approximate surface area is 175 Å². The summed E-state index contributed by atoms with van der Waals surface area (Å²) in [7, 11) is 8.34. The number of hydrogen-bond acceptors (Lipinski definition) is 7. The van der Waals surface area contributed by atoms with Crippen molar-refractivity contribution in [1.82, 2.24) is 15.3 Å². The number of fused-ring (bicyclic) bond motifs is 1. The largest absolute Gasteiger partial charge is 0.493 e. The van der Waals surface area contributed by atoms with Gasteiger partial charge in [0.15, 0.2) is 11.5 Å². The molecule has 1 atom stereocenters. The van der Waals surface area contributed by atoms with Crippen molar-refractivity contribution in [1.29, 1.82) is 0 Å². The van der Waals surface area contributed by atoms with Gasteiger partial charge in [0.1, 0.15) is 5.39 Å². The lowest BCUT2D eigenvalue weighted by atomic mass is 10.1. The van der Waals surface area contributed by atoms with Crippen LogP contribution in [0.5, 0.6) is 17.2 Å². The lowest BCUT2D eigenvalue weighted by Crippen LogP contribution is -2.23. The highest BCUT2D eigenvalue weighted by molar-refractivity contribution is 5.90. The maximum atomic E-state index is 12.8. The first-order valence-electron chi connectivity index (χ1n) is 9.63. The van der Waals surface area contributed by atoms with E-state index >= 15 is 0 Å². The fraction of sp³-hybridized carbons (Fsp3) is 0.364. The minimum absolute atomic E-state index is 0.253. The first-order chi connectivity index (χ1) is 14.4. The topological polar surface area (TPSA) is 88.7 Å².